The lowest BCUT2D eigenvalue weighted by Crippen LogP contribution is -2.61. The standard InChI is InChI=1S/C17H27ClN2/c1-16(2)12-15(13-17(3,4)19-16)20(18)11-10-14-8-6-5-7-9-14/h5-9,15,19H,10-13H2,1-4H3. The smallest absolute Gasteiger partial charge is 0.0286 e. The number of nitrogens with zero attached hydrogens (tertiary/aromatic N) is 1. The fourth-order valence-corrected chi connectivity index (χ4v) is 3.75. The first-order chi connectivity index (χ1) is 9.27. The molecular formula is C17H27ClN2. The molecule has 1 saturated heterocycles. The van der Waals surface area contributed by atoms with Crippen molar-refractivity contribution in [1.82, 2.24) is 9.74 Å². The maximum absolute atomic E-state index is 6.57. The Hall–Kier alpha value is -0.570. The summed E-state index contributed by atoms with van der Waals surface area (Å²) in [6.07, 6.45) is 3.19. The highest BCUT2D eigenvalue weighted by Gasteiger charge is 2.39. The molecule has 1 fully saturated rings. The zero-order valence-corrected chi connectivity index (χ0v) is 13.9. The number of nitrogens with one attached hydrogen (secondary N) is 1. The van der Waals surface area contributed by atoms with Crippen LogP contribution < -0.4 is 5.32 Å². The maximum atomic E-state index is 6.57. The molecule has 2 nitrogen and oxygen atoms in total. The van der Waals surface area contributed by atoms with Gasteiger partial charge in [0, 0.05) is 23.7 Å². The molecule has 0 radical (unpaired) electrons. The van der Waals surface area contributed by atoms with E-state index in [2.05, 4.69) is 63.3 Å². The average molecular weight is 295 g/mol. The molecule has 20 heavy (non-hydrogen) atoms. The summed E-state index contributed by atoms with van der Waals surface area (Å²) in [5.41, 5.74) is 1.64. The Balaban J connectivity index is 1.93. The van der Waals surface area contributed by atoms with E-state index >= 15 is 0 Å². The van der Waals surface area contributed by atoms with E-state index in [9.17, 15) is 0 Å². The van der Waals surface area contributed by atoms with E-state index in [1.165, 1.54) is 5.56 Å². The molecule has 0 bridgehead atoms. The summed E-state index contributed by atoms with van der Waals surface area (Å²) in [6, 6.07) is 11.0. The normalized spacial score (nSPS) is 22.1. The van der Waals surface area contributed by atoms with Crippen LogP contribution in [0.25, 0.3) is 0 Å². The first-order valence-electron chi connectivity index (χ1n) is 7.53. The van der Waals surface area contributed by atoms with Gasteiger partial charge in [-0.15, -0.1) is 0 Å². The molecule has 0 amide bonds. The highest BCUT2D eigenvalue weighted by molar-refractivity contribution is 6.13. The van der Waals surface area contributed by atoms with E-state index in [0.717, 1.165) is 25.8 Å². The van der Waals surface area contributed by atoms with Crippen molar-refractivity contribution in [3.8, 4) is 0 Å². The predicted octanol–water partition coefficient (Wildman–Crippen LogP) is 3.99. The molecular weight excluding hydrogens is 268 g/mol. The largest absolute Gasteiger partial charge is 0.307 e. The van der Waals surface area contributed by atoms with Gasteiger partial charge in [-0.3, -0.25) is 0 Å². The first-order valence-corrected chi connectivity index (χ1v) is 7.87. The molecule has 0 spiro atoms. The van der Waals surface area contributed by atoms with Crippen molar-refractivity contribution < 1.29 is 0 Å². The topological polar surface area (TPSA) is 15.3 Å². The van der Waals surface area contributed by atoms with Gasteiger partial charge in [-0.1, -0.05) is 30.3 Å². The zero-order valence-electron chi connectivity index (χ0n) is 13.1. The van der Waals surface area contributed by atoms with E-state index in [4.69, 9.17) is 11.8 Å². The minimum absolute atomic E-state index is 0.145. The van der Waals surface area contributed by atoms with Gasteiger partial charge in [-0.05, 0) is 64.3 Å². The number of hydrogen-bond donors (Lipinski definition) is 1. The fraction of sp³-hybridized carbons (Fsp3) is 0.647. The van der Waals surface area contributed by atoms with E-state index in [-0.39, 0.29) is 11.1 Å². The van der Waals surface area contributed by atoms with Crippen LogP contribution in [0.1, 0.15) is 46.1 Å². The summed E-state index contributed by atoms with van der Waals surface area (Å²) in [6.45, 7) is 9.97. The minimum atomic E-state index is 0.145. The molecule has 2 rings (SSSR count). The van der Waals surface area contributed by atoms with Crippen LogP contribution in [-0.4, -0.2) is 28.1 Å². The molecule has 112 valence electrons. The molecule has 1 aliphatic heterocycles. The van der Waals surface area contributed by atoms with Crippen molar-refractivity contribution in [2.24, 2.45) is 0 Å². The Morgan fingerprint density at radius 1 is 1.10 bits per heavy atom. The zero-order chi connectivity index (χ0) is 14.8. The number of rotatable bonds is 4. The summed E-state index contributed by atoms with van der Waals surface area (Å²) >= 11 is 6.57. The summed E-state index contributed by atoms with van der Waals surface area (Å²) in [7, 11) is 0. The monoisotopic (exact) mass is 294 g/mol. The predicted molar refractivity (Wildman–Crippen MR) is 87.0 cm³/mol. The third-order valence-corrected chi connectivity index (χ3v) is 4.47. The molecule has 1 N–H and O–H groups in total. The lowest BCUT2D eigenvalue weighted by atomic mass is 9.79. The third-order valence-electron chi connectivity index (χ3n) is 4.02. The average Bonchev–Trinajstić information content (AvgIpc) is 2.33. The Morgan fingerprint density at radius 2 is 1.65 bits per heavy atom. The van der Waals surface area contributed by atoms with Crippen molar-refractivity contribution in [1.29, 1.82) is 0 Å². The molecule has 1 aromatic carbocycles. The van der Waals surface area contributed by atoms with Crippen molar-refractivity contribution in [3.63, 3.8) is 0 Å². The minimum Gasteiger partial charge on any atom is -0.307 e. The van der Waals surface area contributed by atoms with E-state index < -0.39 is 0 Å². The lowest BCUT2D eigenvalue weighted by Gasteiger charge is -2.48. The van der Waals surface area contributed by atoms with Gasteiger partial charge in [0.1, 0.15) is 0 Å². The summed E-state index contributed by atoms with van der Waals surface area (Å²) in [5, 5.41) is 3.71. The van der Waals surface area contributed by atoms with Crippen LogP contribution in [0.3, 0.4) is 0 Å². The number of piperidine rings is 1. The van der Waals surface area contributed by atoms with Crippen molar-refractivity contribution in [2.75, 3.05) is 6.54 Å². The lowest BCUT2D eigenvalue weighted by molar-refractivity contribution is 0.111. The van der Waals surface area contributed by atoms with Crippen LogP contribution in [-0.2, 0) is 6.42 Å². The summed E-state index contributed by atoms with van der Waals surface area (Å²) < 4.78 is 2.03. The van der Waals surface area contributed by atoms with E-state index in [1.807, 2.05) is 4.42 Å². The number of hydrogen-bond acceptors (Lipinski definition) is 2. The molecule has 1 heterocycles. The molecule has 0 saturated carbocycles. The second-order valence-electron chi connectivity index (χ2n) is 7.31. The molecule has 0 atom stereocenters. The Labute approximate surface area is 128 Å². The highest BCUT2D eigenvalue weighted by atomic mass is 35.5. The van der Waals surface area contributed by atoms with Crippen LogP contribution in [0.2, 0.25) is 0 Å². The Kier molecular flexibility index (Phi) is 4.78. The summed E-state index contributed by atoms with van der Waals surface area (Å²) in [5.74, 6) is 0. The number of benzene rings is 1. The first kappa shape index (κ1) is 15.8. The van der Waals surface area contributed by atoms with Crippen LogP contribution in [0.5, 0.6) is 0 Å². The van der Waals surface area contributed by atoms with Gasteiger partial charge in [-0.25, -0.2) is 4.42 Å². The Bertz CT molecular complexity index is 412. The Morgan fingerprint density at radius 3 is 2.20 bits per heavy atom. The van der Waals surface area contributed by atoms with Gasteiger partial charge in [0.25, 0.3) is 0 Å². The molecule has 0 aliphatic carbocycles. The van der Waals surface area contributed by atoms with E-state index in [0.29, 0.717) is 6.04 Å². The van der Waals surface area contributed by atoms with Gasteiger partial charge in [-0.2, -0.15) is 0 Å². The van der Waals surface area contributed by atoms with Gasteiger partial charge in [0.05, 0.1) is 0 Å². The van der Waals surface area contributed by atoms with Crippen LogP contribution in [0, 0.1) is 0 Å². The van der Waals surface area contributed by atoms with Gasteiger partial charge in [0.15, 0.2) is 0 Å². The highest BCUT2D eigenvalue weighted by Crippen LogP contribution is 2.32. The molecule has 3 heteroatoms. The molecule has 0 unspecified atom stereocenters. The SMILES string of the molecule is CC1(C)CC(N(Cl)CCc2ccccc2)CC(C)(C)N1. The number of halogens is 1. The van der Waals surface area contributed by atoms with Gasteiger partial charge < -0.3 is 5.32 Å². The van der Waals surface area contributed by atoms with Gasteiger partial charge in [0.2, 0.25) is 0 Å². The second kappa shape index (κ2) is 6.05. The quantitative estimate of drug-likeness (QED) is 0.845. The van der Waals surface area contributed by atoms with Crippen LogP contribution >= 0.6 is 11.8 Å². The fourth-order valence-electron chi connectivity index (χ4n) is 3.53. The molecule has 0 aromatic heterocycles. The van der Waals surface area contributed by atoms with Crippen molar-refractivity contribution >= 4 is 11.8 Å². The van der Waals surface area contributed by atoms with E-state index in [1.54, 1.807) is 0 Å². The summed E-state index contributed by atoms with van der Waals surface area (Å²) in [4.78, 5) is 0. The second-order valence-corrected chi connectivity index (χ2v) is 7.75. The van der Waals surface area contributed by atoms with Crippen LogP contribution in [0.15, 0.2) is 30.3 Å². The molecule has 1 aromatic rings. The van der Waals surface area contributed by atoms with Crippen molar-refractivity contribution in [3.05, 3.63) is 35.9 Å². The van der Waals surface area contributed by atoms with Crippen molar-refractivity contribution in [2.45, 2.75) is 64.1 Å². The van der Waals surface area contributed by atoms with Crippen LogP contribution in [0.4, 0.5) is 0 Å². The third kappa shape index (κ3) is 4.47. The molecule has 1 aliphatic rings. The van der Waals surface area contributed by atoms with Gasteiger partial charge >= 0.3 is 0 Å². The maximum Gasteiger partial charge on any atom is 0.0286 e.